The first-order valence-electron chi connectivity index (χ1n) is 4.97. The van der Waals surface area contributed by atoms with Gasteiger partial charge in [-0.3, -0.25) is 14.4 Å². The molecule has 2 heterocycles. The molecule has 92 valence electrons. The molecule has 0 aliphatic rings. The summed E-state index contributed by atoms with van der Waals surface area (Å²) in [7, 11) is 0. The largest absolute Gasteiger partial charge is 0.501 e. The topological polar surface area (TPSA) is 84.6 Å². The molecule has 2 rings (SSSR count). The van der Waals surface area contributed by atoms with E-state index < -0.39 is 28.5 Å². The highest BCUT2D eigenvalue weighted by Gasteiger charge is 2.26. The molecule has 18 heavy (non-hydrogen) atoms. The van der Waals surface area contributed by atoms with E-state index in [4.69, 9.17) is 4.42 Å². The number of hydrogen-bond acceptors (Lipinski definition) is 6. The van der Waals surface area contributed by atoms with Crippen molar-refractivity contribution in [2.75, 3.05) is 0 Å². The van der Waals surface area contributed by atoms with Crippen molar-refractivity contribution in [2.24, 2.45) is 0 Å². The molecule has 0 bridgehead atoms. The number of thiophene rings is 1. The van der Waals surface area contributed by atoms with Crippen LogP contribution in [-0.4, -0.2) is 16.7 Å². The highest BCUT2D eigenvalue weighted by molar-refractivity contribution is 7.13. The van der Waals surface area contributed by atoms with Crippen LogP contribution in [0.5, 0.6) is 5.75 Å². The molecule has 0 saturated carbocycles. The minimum atomic E-state index is -1.03. The Morgan fingerprint density at radius 2 is 2.06 bits per heavy atom. The van der Waals surface area contributed by atoms with Gasteiger partial charge < -0.3 is 9.52 Å². The number of Topliss-reactive ketones (excluding diaryl/α,β-unsaturated/α-hetero) is 2. The smallest absolute Gasteiger partial charge is 0.273 e. The predicted octanol–water partition coefficient (Wildman–Crippen LogP) is 1.78. The maximum atomic E-state index is 11.8. The predicted molar refractivity (Wildman–Crippen MR) is 64.4 cm³/mol. The fourth-order valence-corrected chi connectivity index (χ4v) is 2.04. The molecule has 0 aliphatic heterocycles. The summed E-state index contributed by atoms with van der Waals surface area (Å²) >= 11 is 1.10. The Morgan fingerprint density at radius 3 is 2.67 bits per heavy atom. The molecular formula is C12H8O5S. The molecule has 0 aliphatic carbocycles. The molecule has 0 saturated heterocycles. The van der Waals surface area contributed by atoms with Crippen molar-refractivity contribution in [3.8, 4) is 5.75 Å². The van der Waals surface area contributed by atoms with Gasteiger partial charge in [0.25, 0.3) is 5.78 Å². The first-order valence-corrected chi connectivity index (χ1v) is 5.85. The summed E-state index contributed by atoms with van der Waals surface area (Å²) in [5.41, 5.74) is -0.749. The number of aryl methyl sites for hydroxylation is 1. The van der Waals surface area contributed by atoms with Crippen LogP contribution in [0.25, 0.3) is 0 Å². The Bertz CT molecular complexity index is 666. The van der Waals surface area contributed by atoms with Crippen molar-refractivity contribution in [3.63, 3.8) is 0 Å². The molecule has 2 aromatic heterocycles. The van der Waals surface area contributed by atoms with Crippen molar-refractivity contribution in [1.82, 2.24) is 0 Å². The second-order valence-electron chi connectivity index (χ2n) is 3.53. The Labute approximate surface area is 105 Å². The summed E-state index contributed by atoms with van der Waals surface area (Å²) in [4.78, 5) is 35.1. The average molecular weight is 264 g/mol. The van der Waals surface area contributed by atoms with Crippen LogP contribution in [0.2, 0.25) is 0 Å². The van der Waals surface area contributed by atoms with Crippen LogP contribution in [0.3, 0.4) is 0 Å². The van der Waals surface area contributed by atoms with Crippen LogP contribution in [0, 0.1) is 6.92 Å². The Morgan fingerprint density at radius 1 is 1.33 bits per heavy atom. The molecule has 5 nitrogen and oxygen atoms in total. The third kappa shape index (κ3) is 2.10. The highest BCUT2D eigenvalue weighted by atomic mass is 32.1. The molecule has 0 radical (unpaired) electrons. The molecule has 2 aromatic rings. The number of rotatable bonds is 3. The van der Waals surface area contributed by atoms with Crippen molar-refractivity contribution >= 4 is 22.9 Å². The standard InChI is InChI=1S/C12H8O5S/c1-6-5-7(13)9(14)12(17-6)11(16)10(15)8-3-2-4-18-8/h2-5,14H,1H3. The van der Waals surface area contributed by atoms with Gasteiger partial charge in [0, 0.05) is 6.07 Å². The van der Waals surface area contributed by atoms with E-state index in [0.717, 1.165) is 17.4 Å². The lowest BCUT2D eigenvalue weighted by molar-refractivity contribution is 0.0797. The summed E-state index contributed by atoms with van der Waals surface area (Å²) in [5.74, 6) is -3.14. The minimum Gasteiger partial charge on any atom is -0.501 e. The molecule has 0 atom stereocenters. The van der Waals surface area contributed by atoms with E-state index >= 15 is 0 Å². The van der Waals surface area contributed by atoms with E-state index in [-0.39, 0.29) is 10.6 Å². The molecule has 0 unspecified atom stereocenters. The number of ketones is 2. The zero-order valence-corrected chi connectivity index (χ0v) is 10.1. The number of carbonyl (C=O) groups excluding carboxylic acids is 2. The summed E-state index contributed by atoms with van der Waals surface area (Å²) in [6.45, 7) is 1.45. The Balaban J connectivity index is 2.47. The van der Waals surface area contributed by atoms with Crippen LogP contribution in [0.1, 0.15) is 26.0 Å². The van der Waals surface area contributed by atoms with E-state index in [1.807, 2.05) is 0 Å². The van der Waals surface area contributed by atoms with Crippen LogP contribution >= 0.6 is 11.3 Å². The Hall–Kier alpha value is -2.21. The normalized spacial score (nSPS) is 10.3. The van der Waals surface area contributed by atoms with Gasteiger partial charge in [-0.2, -0.15) is 0 Å². The third-order valence-electron chi connectivity index (χ3n) is 2.20. The average Bonchev–Trinajstić information content (AvgIpc) is 2.85. The molecule has 0 spiro atoms. The third-order valence-corrected chi connectivity index (χ3v) is 3.07. The van der Waals surface area contributed by atoms with Gasteiger partial charge in [-0.1, -0.05) is 6.07 Å². The van der Waals surface area contributed by atoms with E-state index in [1.54, 1.807) is 11.4 Å². The van der Waals surface area contributed by atoms with Gasteiger partial charge in [-0.15, -0.1) is 11.3 Å². The summed E-state index contributed by atoms with van der Waals surface area (Å²) in [6, 6.07) is 4.15. The van der Waals surface area contributed by atoms with Crippen LogP contribution < -0.4 is 5.43 Å². The quantitative estimate of drug-likeness (QED) is 0.674. The molecule has 0 amide bonds. The van der Waals surface area contributed by atoms with Crippen LogP contribution in [0.15, 0.2) is 32.8 Å². The minimum absolute atomic E-state index is 0.153. The van der Waals surface area contributed by atoms with E-state index in [9.17, 15) is 19.5 Å². The summed E-state index contributed by atoms with van der Waals surface area (Å²) in [5, 5.41) is 11.1. The fraction of sp³-hybridized carbons (Fsp3) is 0.0833. The second kappa shape index (κ2) is 4.58. The lowest BCUT2D eigenvalue weighted by Gasteiger charge is -2.01. The van der Waals surface area contributed by atoms with E-state index in [0.29, 0.717) is 0 Å². The van der Waals surface area contributed by atoms with Gasteiger partial charge >= 0.3 is 0 Å². The number of aromatic hydroxyl groups is 1. The van der Waals surface area contributed by atoms with Crippen molar-refractivity contribution in [1.29, 1.82) is 0 Å². The van der Waals surface area contributed by atoms with Gasteiger partial charge in [0.05, 0.1) is 4.88 Å². The van der Waals surface area contributed by atoms with E-state index in [2.05, 4.69) is 0 Å². The van der Waals surface area contributed by atoms with Gasteiger partial charge in [0.1, 0.15) is 5.76 Å². The van der Waals surface area contributed by atoms with Crippen LogP contribution in [0.4, 0.5) is 0 Å². The highest BCUT2D eigenvalue weighted by Crippen LogP contribution is 2.18. The lowest BCUT2D eigenvalue weighted by Crippen LogP contribution is -2.16. The summed E-state index contributed by atoms with van der Waals surface area (Å²) < 4.78 is 4.95. The Kier molecular flexibility index (Phi) is 3.12. The maximum absolute atomic E-state index is 11.8. The second-order valence-corrected chi connectivity index (χ2v) is 4.48. The molecular weight excluding hydrogens is 256 g/mol. The van der Waals surface area contributed by atoms with Gasteiger partial charge in [-0.25, -0.2) is 0 Å². The first-order chi connectivity index (χ1) is 8.50. The maximum Gasteiger partial charge on any atom is 0.273 e. The molecule has 1 N–H and O–H groups in total. The number of carbonyl (C=O) groups is 2. The molecule has 6 heteroatoms. The molecule has 0 fully saturated rings. The van der Waals surface area contributed by atoms with Gasteiger partial charge in [-0.05, 0) is 18.4 Å². The van der Waals surface area contributed by atoms with Gasteiger partial charge in [0.2, 0.25) is 22.7 Å². The zero-order valence-electron chi connectivity index (χ0n) is 9.30. The zero-order chi connectivity index (χ0) is 13.3. The van der Waals surface area contributed by atoms with Crippen molar-refractivity contribution in [2.45, 2.75) is 6.92 Å². The monoisotopic (exact) mass is 264 g/mol. The molecule has 0 aromatic carbocycles. The van der Waals surface area contributed by atoms with Gasteiger partial charge in [0.15, 0.2) is 0 Å². The van der Waals surface area contributed by atoms with Crippen molar-refractivity contribution in [3.05, 3.63) is 50.2 Å². The van der Waals surface area contributed by atoms with Crippen molar-refractivity contribution < 1.29 is 19.1 Å². The lowest BCUT2D eigenvalue weighted by atomic mass is 10.1. The van der Waals surface area contributed by atoms with Crippen LogP contribution in [-0.2, 0) is 0 Å². The van der Waals surface area contributed by atoms with E-state index in [1.165, 1.54) is 13.0 Å². The summed E-state index contributed by atoms with van der Waals surface area (Å²) in [6.07, 6.45) is 0. The fourth-order valence-electron chi connectivity index (χ4n) is 1.38. The SMILES string of the molecule is Cc1cc(=O)c(O)c(C(=O)C(=O)c2cccs2)o1. The number of hydrogen-bond donors (Lipinski definition) is 1. The first kappa shape index (κ1) is 12.3.